The number of nitrogens with zero attached hydrogens (tertiary/aromatic N) is 3. The van der Waals surface area contributed by atoms with Crippen molar-refractivity contribution in [1.82, 2.24) is 15.0 Å². The molecule has 1 amide bonds. The number of benzene rings is 2. The van der Waals surface area contributed by atoms with Crippen LogP contribution in [0.3, 0.4) is 0 Å². The standard InChI is InChI=1S/C21H17ClN4O2S/c1-12-16(22)9-6-10-17(12)23-19(27)13(2)26-21(28)15-11-18(29-20(15)24-25-26)14-7-4-3-5-8-14/h3-11,13H,1-2H3,(H,23,27)/t13-/m1/s1. The molecule has 0 saturated heterocycles. The van der Waals surface area contributed by atoms with Gasteiger partial charge in [-0.15, -0.1) is 16.4 Å². The van der Waals surface area contributed by atoms with E-state index in [1.165, 1.54) is 11.3 Å². The number of anilines is 1. The first-order valence-corrected chi connectivity index (χ1v) is 10.2. The van der Waals surface area contributed by atoms with Crippen molar-refractivity contribution in [3.05, 3.63) is 75.5 Å². The lowest BCUT2D eigenvalue weighted by atomic mass is 10.2. The number of aromatic nitrogens is 3. The van der Waals surface area contributed by atoms with E-state index in [4.69, 9.17) is 11.6 Å². The molecule has 0 bridgehead atoms. The van der Waals surface area contributed by atoms with Crippen molar-refractivity contribution in [1.29, 1.82) is 0 Å². The van der Waals surface area contributed by atoms with Gasteiger partial charge in [-0.2, -0.15) is 4.68 Å². The molecule has 2 aromatic heterocycles. The summed E-state index contributed by atoms with van der Waals surface area (Å²) in [5, 5.41) is 12.0. The summed E-state index contributed by atoms with van der Waals surface area (Å²) < 4.78 is 1.11. The molecule has 0 radical (unpaired) electrons. The lowest BCUT2D eigenvalue weighted by molar-refractivity contribution is -0.119. The highest BCUT2D eigenvalue weighted by Crippen LogP contribution is 2.30. The van der Waals surface area contributed by atoms with Gasteiger partial charge in [0.2, 0.25) is 5.91 Å². The maximum Gasteiger partial charge on any atom is 0.279 e. The first kappa shape index (κ1) is 19.3. The fourth-order valence-electron chi connectivity index (χ4n) is 2.95. The number of fused-ring (bicyclic) bond motifs is 1. The zero-order valence-corrected chi connectivity index (χ0v) is 17.3. The number of rotatable bonds is 4. The van der Waals surface area contributed by atoms with Crippen molar-refractivity contribution in [3.63, 3.8) is 0 Å². The van der Waals surface area contributed by atoms with Crippen molar-refractivity contribution < 1.29 is 4.79 Å². The lowest BCUT2D eigenvalue weighted by Gasteiger charge is -2.15. The van der Waals surface area contributed by atoms with Crippen LogP contribution in [-0.4, -0.2) is 20.9 Å². The Morgan fingerprint density at radius 1 is 1.17 bits per heavy atom. The summed E-state index contributed by atoms with van der Waals surface area (Å²) in [5.74, 6) is -0.371. The Bertz CT molecular complexity index is 1270. The second-order valence-corrected chi connectivity index (χ2v) is 8.05. The molecular formula is C21H17ClN4O2S. The highest BCUT2D eigenvalue weighted by atomic mass is 35.5. The fraction of sp³-hybridized carbons (Fsp3) is 0.143. The Labute approximate surface area is 175 Å². The Morgan fingerprint density at radius 3 is 2.69 bits per heavy atom. The lowest BCUT2D eigenvalue weighted by Crippen LogP contribution is -2.34. The van der Waals surface area contributed by atoms with Crippen LogP contribution in [0.15, 0.2) is 59.4 Å². The summed E-state index contributed by atoms with van der Waals surface area (Å²) in [6.07, 6.45) is 0. The summed E-state index contributed by atoms with van der Waals surface area (Å²) in [7, 11) is 0. The molecule has 6 nitrogen and oxygen atoms in total. The van der Waals surface area contributed by atoms with Crippen LogP contribution in [0.2, 0.25) is 5.02 Å². The molecule has 1 atom stereocenters. The number of hydrogen-bond acceptors (Lipinski definition) is 5. The number of amides is 1. The van der Waals surface area contributed by atoms with E-state index in [2.05, 4.69) is 15.6 Å². The Hall–Kier alpha value is -3.03. The van der Waals surface area contributed by atoms with Gasteiger partial charge in [0.1, 0.15) is 6.04 Å². The molecule has 0 fully saturated rings. The van der Waals surface area contributed by atoms with Crippen molar-refractivity contribution in [3.8, 4) is 10.4 Å². The van der Waals surface area contributed by atoms with E-state index < -0.39 is 6.04 Å². The van der Waals surface area contributed by atoms with Gasteiger partial charge in [0, 0.05) is 15.6 Å². The summed E-state index contributed by atoms with van der Waals surface area (Å²) in [5.41, 5.74) is 2.01. The van der Waals surface area contributed by atoms with Gasteiger partial charge in [-0.1, -0.05) is 53.2 Å². The fourth-order valence-corrected chi connectivity index (χ4v) is 4.10. The number of nitrogens with one attached hydrogen (secondary N) is 1. The molecule has 2 heterocycles. The molecule has 0 unspecified atom stereocenters. The molecule has 4 aromatic rings. The molecule has 2 aromatic carbocycles. The Kier molecular flexibility index (Phi) is 5.17. The van der Waals surface area contributed by atoms with Crippen LogP contribution in [0.5, 0.6) is 0 Å². The van der Waals surface area contributed by atoms with Crippen molar-refractivity contribution in [2.24, 2.45) is 0 Å². The quantitative estimate of drug-likeness (QED) is 0.516. The number of thiophene rings is 1. The topological polar surface area (TPSA) is 76.9 Å². The van der Waals surface area contributed by atoms with E-state index in [1.807, 2.05) is 37.3 Å². The second kappa shape index (κ2) is 7.77. The number of hydrogen-bond donors (Lipinski definition) is 1. The zero-order valence-electron chi connectivity index (χ0n) is 15.7. The number of halogens is 1. The van der Waals surface area contributed by atoms with E-state index in [1.54, 1.807) is 31.2 Å². The maximum atomic E-state index is 13.0. The minimum absolute atomic E-state index is 0.348. The summed E-state index contributed by atoms with van der Waals surface area (Å²) >= 11 is 7.51. The first-order valence-electron chi connectivity index (χ1n) is 8.96. The predicted octanol–water partition coefficient (Wildman–Crippen LogP) is 4.68. The Morgan fingerprint density at radius 2 is 1.93 bits per heavy atom. The first-order chi connectivity index (χ1) is 14.0. The summed E-state index contributed by atoms with van der Waals surface area (Å²) in [6.45, 7) is 3.43. The highest BCUT2D eigenvalue weighted by Gasteiger charge is 2.21. The molecule has 0 aliphatic rings. The summed E-state index contributed by atoms with van der Waals surface area (Å²) in [4.78, 5) is 27.1. The van der Waals surface area contributed by atoms with Crippen molar-refractivity contribution >= 4 is 44.7 Å². The minimum atomic E-state index is -0.835. The van der Waals surface area contributed by atoms with Crippen molar-refractivity contribution in [2.75, 3.05) is 5.32 Å². The van der Waals surface area contributed by atoms with E-state index in [-0.39, 0.29) is 11.5 Å². The predicted molar refractivity (Wildman–Crippen MR) is 117 cm³/mol. The number of carbonyl (C=O) groups is 1. The van der Waals surface area contributed by atoms with Crippen LogP contribution < -0.4 is 10.9 Å². The van der Waals surface area contributed by atoms with Crippen molar-refractivity contribution in [2.45, 2.75) is 19.9 Å². The van der Waals surface area contributed by atoms with Crippen LogP contribution in [0.25, 0.3) is 20.7 Å². The molecule has 0 spiro atoms. The third kappa shape index (κ3) is 3.66. The van der Waals surface area contributed by atoms with Gasteiger partial charge in [-0.05, 0) is 43.2 Å². The van der Waals surface area contributed by atoms with Crippen LogP contribution in [0, 0.1) is 6.92 Å². The average Bonchev–Trinajstić information content (AvgIpc) is 3.17. The van der Waals surface area contributed by atoms with E-state index in [0.29, 0.717) is 20.9 Å². The third-order valence-electron chi connectivity index (χ3n) is 4.71. The van der Waals surface area contributed by atoms with Gasteiger partial charge >= 0.3 is 0 Å². The van der Waals surface area contributed by atoms with Gasteiger partial charge in [0.05, 0.1) is 5.39 Å². The minimum Gasteiger partial charge on any atom is -0.324 e. The molecule has 1 N–H and O–H groups in total. The molecule has 4 rings (SSSR count). The normalized spacial score (nSPS) is 12.1. The van der Waals surface area contributed by atoms with Gasteiger partial charge in [0.25, 0.3) is 5.56 Å². The number of carbonyl (C=O) groups excluding carboxylic acids is 1. The van der Waals surface area contributed by atoms with Gasteiger partial charge in [-0.25, -0.2) is 0 Å². The molecule has 0 aliphatic heterocycles. The van der Waals surface area contributed by atoms with E-state index >= 15 is 0 Å². The molecule has 146 valence electrons. The largest absolute Gasteiger partial charge is 0.324 e. The second-order valence-electron chi connectivity index (χ2n) is 6.61. The van der Waals surface area contributed by atoms with Gasteiger partial charge < -0.3 is 5.32 Å². The average molecular weight is 425 g/mol. The van der Waals surface area contributed by atoms with Crippen LogP contribution in [0.1, 0.15) is 18.5 Å². The van der Waals surface area contributed by atoms with Gasteiger partial charge in [0.15, 0.2) is 4.83 Å². The van der Waals surface area contributed by atoms with E-state index in [0.717, 1.165) is 20.7 Å². The smallest absolute Gasteiger partial charge is 0.279 e. The summed E-state index contributed by atoms with van der Waals surface area (Å²) in [6, 6.07) is 16.0. The monoisotopic (exact) mass is 424 g/mol. The van der Waals surface area contributed by atoms with Crippen LogP contribution in [-0.2, 0) is 4.79 Å². The molecule has 29 heavy (non-hydrogen) atoms. The SMILES string of the molecule is Cc1c(Cl)cccc1NC(=O)[C@@H](C)n1nnc2sc(-c3ccccc3)cc2c1=O. The van der Waals surface area contributed by atoms with Crippen LogP contribution >= 0.6 is 22.9 Å². The molecule has 0 saturated carbocycles. The zero-order chi connectivity index (χ0) is 20.5. The highest BCUT2D eigenvalue weighted by molar-refractivity contribution is 7.21. The maximum absolute atomic E-state index is 13.0. The molecule has 0 aliphatic carbocycles. The van der Waals surface area contributed by atoms with Gasteiger partial charge in [-0.3, -0.25) is 9.59 Å². The molecular weight excluding hydrogens is 408 g/mol. The third-order valence-corrected chi connectivity index (χ3v) is 6.19. The Balaban J connectivity index is 1.66. The molecule has 8 heteroatoms. The van der Waals surface area contributed by atoms with Crippen LogP contribution in [0.4, 0.5) is 5.69 Å². The van der Waals surface area contributed by atoms with E-state index in [9.17, 15) is 9.59 Å².